The fourth-order valence-corrected chi connectivity index (χ4v) is 6.42. The monoisotopic (exact) mass is 416 g/mol. The third kappa shape index (κ3) is 6.24. The highest BCUT2D eigenvalue weighted by Crippen LogP contribution is 2.40. The molecular formula is C31H44. The van der Waals surface area contributed by atoms with Gasteiger partial charge < -0.3 is 0 Å². The molecule has 4 rings (SSSR count). The maximum atomic E-state index is 3.96. The molecule has 2 unspecified atom stereocenters. The molecule has 0 saturated heterocycles. The Bertz CT molecular complexity index is 720. The van der Waals surface area contributed by atoms with Gasteiger partial charge in [0, 0.05) is 0 Å². The minimum atomic E-state index is 0.631. The molecule has 2 saturated carbocycles. The van der Waals surface area contributed by atoms with Crippen molar-refractivity contribution in [3.63, 3.8) is 0 Å². The molecule has 2 fully saturated rings. The Morgan fingerprint density at radius 3 is 1.97 bits per heavy atom. The SMILES string of the molecule is C=CC1C=CC(C2CCC(C=CC3CCC(c4ccc(CCC)cc4)CC3)CC2)CC1. The molecule has 1 aromatic carbocycles. The largest absolute Gasteiger partial charge is 0.102 e. The summed E-state index contributed by atoms with van der Waals surface area (Å²) in [6.45, 7) is 6.23. The van der Waals surface area contributed by atoms with Crippen molar-refractivity contribution < 1.29 is 0 Å². The van der Waals surface area contributed by atoms with E-state index in [0.717, 1.165) is 29.6 Å². The summed E-state index contributed by atoms with van der Waals surface area (Å²) in [7, 11) is 0. The first-order valence-corrected chi connectivity index (χ1v) is 13.3. The highest BCUT2D eigenvalue weighted by Gasteiger charge is 2.27. The van der Waals surface area contributed by atoms with Crippen molar-refractivity contribution in [1.29, 1.82) is 0 Å². The maximum absolute atomic E-state index is 3.96. The van der Waals surface area contributed by atoms with Crippen LogP contribution in [0.3, 0.4) is 0 Å². The molecule has 168 valence electrons. The van der Waals surface area contributed by atoms with Crippen LogP contribution in [0.2, 0.25) is 0 Å². The summed E-state index contributed by atoms with van der Waals surface area (Å²) in [5.74, 6) is 4.86. The maximum Gasteiger partial charge on any atom is -0.00559 e. The lowest BCUT2D eigenvalue weighted by atomic mass is 9.71. The average Bonchev–Trinajstić information content (AvgIpc) is 2.84. The first-order chi connectivity index (χ1) is 15.2. The fraction of sp³-hybridized carbons (Fsp3) is 0.613. The third-order valence-electron chi connectivity index (χ3n) is 8.58. The van der Waals surface area contributed by atoms with E-state index in [-0.39, 0.29) is 0 Å². The van der Waals surface area contributed by atoms with Crippen LogP contribution in [0.15, 0.2) is 61.2 Å². The molecule has 0 amide bonds. The van der Waals surface area contributed by atoms with Gasteiger partial charge >= 0.3 is 0 Å². The predicted molar refractivity (Wildman–Crippen MR) is 135 cm³/mol. The van der Waals surface area contributed by atoms with Crippen molar-refractivity contribution >= 4 is 0 Å². The van der Waals surface area contributed by atoms with Crippen LogP contribution in [-0.4, -0.2) is 0 Å². The molecule has 0 heterocycles. The van der Waals surface area contributed by atoms with Crippen molar-refractivity contribution in [2.75, 3.05) is 0 Å². The lowest BCUT2D eigenvalue weighted by molar-refractivity contribution is 0.235. The van der Waals surface area contributed by atoms with Gasteiger partial charge in [0.2, 0.25) is 0 Å². The van der Waals surface area contributed by atoms with E-state index >= 15 is 0 Å². The Morgan fingerprint density at radius 1 is 0.774 bits per heavy atom. The molecule has 31 heavy (non-hydrogen) atoms. The smallest absolute Gasteiger partial charge is 0.00559 e. The predicted octanol–water partition coefficient (Wildman–Crippen LogP) is 9.04. The van der Waals surface area contributed by atoms with E-state index in [4.69, 9.17) is 0 Å². The zero-order valence-electron chi connectivity index (χ0n) is 19.9. The van der Waals surface area contributed by atoms with Crippen molar-refractivity contribution in [2.24, 2.45) is 29.6 Å². The van der Waals surface area contributed by atoms with Gasteiger partial charge in [0.1, 0.15) is 0 Å². The van der Waals surface area contributed by atoms with Crippen molar-refractivity contribution in [3.05, 3.63) is 72.4 Å². The summed E-state index contributed by atoms with van der Waals surface area (Å²) in [4.78, 5) is 0. The lowest BCUT2D eigenvalue weighted by Crippen LogP contribution is -2.22. The number of hydrogen-bond donors (Lipinski definition) is 0. The van der Waals surface area contributed by atoms with E-state index in [1.165, 1.54) is 82.6 Å². The summed E-state index contributed by atoms with van der Waals surface area (Å²) < 4.78 is 0. The second kappa shape index (κ2) is 11.3. The van der Waals surface area contributed by atoms with Crippen LogP contribution in [-0.2, 0) is 6.42 Å². The average molecular weight is 417 g/mol. The molecule has 2 atom stereocenters. The van der Waals surface area contributed by atoms with E-state index < -0.39 is 0 Å². The summed E-state index contributed by atoms with van der Waals surface area (Å²) in [5.41, 5.74) is 3.08. The Kier molecular flexibility index (Phi) is 8.28. The molecule has 1 aromatic rings. The second-order valence-electron chi connectivity index (χ2n) is 10.7. The Balaban J connectivity index is 1.18. The van der Waals surface area contributed by atoms with Gasteiger partial charge in [0.25, 0.3) is 0 Å². The van der Waals surface area contributed by atoms with Crippen LogP contribution in [0, 0.1) is 29.6 Å². The van der Waals surface area contributed by atoms with Gasteiger partial charge in [-0.3, -0.25) is 0 Å². The third-order valence-corrected chi connectivity index (χ3v) is 8.58. The molecule has 0 bridgehead atoms. The molecule has 0 aromatic heterocycles. The summed E-state index contributed by atoms with van der Waals surface area (Å²) in [5, 5.41) is 0. The normalized spacial score (nSPS) is 34.1. The van der Waals surface area contributed by atoms with Gasteiger partial charge in [-0.1, -0.05) is 68.0 Å². The fourth-order valence-electron chi connectivity index (χ4n) is 6.42. The Labute approximate surface area is 191 Å². The van der Waals surface area contributed by atoms with Gasteiger partial charge in [0.15, 0.2) is 0 Å². The molecule has 0 aliphatic heterocycles. The number of hydrogen-bond acceptors (Lipinski definition) is 0. The molecule has 0 heteroatoms. The van der Waals surface area contributed by atoms with Gasteiger partial charge in [-0.15, -0.1) is 6.58 Å². The van der Waals surface area contributed by atoms with Gasteiger partial charge in [-0.2, -0.15) is 0 Å². The first kappa shape index (κ1) is 22.6. The second-order valence-corrected chi connectivity index (χ2v) is 10.7. The van der Waals surface area contributed by atoms with E-state index in [1.54, 1.807) is 5.56 Å². The molecule has 0 N–H and O–H groups in total. The summed E-state index contributed by atoms with van der Waals surface area (Å²) in [6.07, 6.45) is 28.6. The Morgan fingerprint density at radius 2 is 1.42 bits per heavy atom. The molecule has 0 nitrogen and oxygen atoms in total. The molecule has 0 radical (unpaired) electrons. The van der Waals surface area contributed by atoms with Gasteiger partial charge in [-0.25, -0.2) is 0 Å². The van der Waals surface area contributed by atoms with Crippen LogP contribution in [0.5, 0.6) is 0 Å². The van der Waals surface area contributed by atoms with E-state index in [1.807, 2.05) is 0 Å². The summed E-state index contributed by atoms with van der Waals surface area (Å²) >= 11 is 0. The van der Waals surface area contributed by atoms with Crippen molar-refractivity contribution in [2.45, 2.75) is 89.9 Å². The topological polar surface area (TPSA) is 0 Å². The van der Waals surface area contributed by atoms with Crippen LogP contribution < -0.4 is 0 Å². The van der Waals surface area contributed by atoms with Crippen LogP contribution in [0.25, 0.3) is 0 Å². The van der Waals surface area contributed by atoms with Crippen molar-refractivity contribution in [1.82, 2.24) is 0 Å². The molecule has 3 aliphatic rings. The summed E-state index contributed by atoms with van der Waals surface area (Å²) in [6, 6.07) is 9.54. The highest BCUT2D eigenvalue weighted by molar-refractivity contribution is 5.26. The minimum Gasteiger partial charge on any atom is -0.102 e. The number of aryl methyl sites for hydroxylation is 1. The van der Waals surface area contributed by atoms with E-state index in [9.17, 15) is 0 Å². The zero-order chi connectivity index (χ0) is 21.5. The van der Waals surface area contributed by atoms with Crippen LogP contribution in [0.1, 0.15) is 94.6 Å². The zero-order valence-corrected chi connectivity index (χ0v) is 19.9. The molecule has 3 aliphatic carbocycles. The van der Waals surface area contributed by atoms with Crippen LogP contribution in [0.4, 0.5) is 0 Å². The number of benzene rings is 1. The standard InChI is InChI=1S/C31H44/c1-3-5-25-10-18-29(19-11-25)31-22-14-27(15-23-31)7-6-26-12-20-30(21-13-26)28-16-8-24(4-2)9-17-28/h4,6-8,10-11,16,18-19,24,26-28,30-31H,2-3,5,9,12-15,17,20-23H2,1H3. The highest BCUT2D eigenvalue weighted by atomic mass is 14.3. The van der Waals surface area contributed by atoms with Crippen molar-refractivity contribution in [3.8, 4) is 0 Å². The minimum absolute atomic E-state index is 0.631. The first-order valence-electron chi connectivity index (χ1n) is 13.3. The molecule has 0 spiro atoms. The number of rotatable bonds is 7. The quantitative estimate of drug-likeness (QED) is 0.389. The van der Waals surface area contributed by atoms with E-state index in [2.05, 4.69) is 68.1 Å². The Hall–Kier alpha value is -1.56. The molecular weight excluding hydrogens is 372 g/mol. The van der Waals surface area contributed by atoms with Gasteiger partial charge in [0.05, 0.1) is 0 Å². The number of allylic oxidation sites excluding steroid dienone is 5. The van der Waals surface area contributed by atoms with E-state index in [0.29, 0.717) is 5.92 Å². The van der Waals surface area contributed by atoms with Crippen LogP contribution >= 0.6 is 0 Å². The lowest BCUT2D eigenvalue weighted by Gasteiger charge is -2.34. The van der Waals surface area contributed by atoms with Gasteiger partial charge in [-0.05, 0) is 117 Å².